The van der Waals surface area contributed by atoms with E-state index in [-0.39, 0.29) is 28.8 Å². The van der Waals surface area contributed by atoms with Gasteiger partial charge in [-0.1, -0.05) is 55.4 Å². The Morgan fingerprint density at radius 3 is 1.95 bits per heavy atom. The number of aromatic amines is 1. The Bertz CT molecular complexity index is 1190. The molecule has 2 aliphatic heterocycles. The van der Waals surface area contributed by atoms with Gasteiger partial charge in [0.05, 0.1) is 13.2 Å². The van der Waals surface area contributed by atoms with Crippen LogP contribution in [0.15, 0.2) is 21.9 Å². The summed E-state index contributed by atoms with van der Waals surface area (Å²) < 4.78 is 117. The smallest absolute Gasteiger partial charge is 0.402 e. The molecule has 3 rings (SSSR count). The Morgan fingerprint density at radius 1 is 0.932 bits per heavy atom. The number of halogens is 6. The molecule has 10 nitrogen and oxygen atoms in total. The third-order valence-electron chi connectivity index (χ3n) is 8.16. The van der Waals surface area contributed by atoms with Crippen molar-refractivity contribution in [2.24, 2.45) is 5.92 Å². The Labute approximate surface area is 253 Å². The largest absolute Gasteiger partial charge is 0.414 e. The van der Waals surface area contributed by atoms with Crippen molar-refractivity contribution >= 4 is 17.1 Å². The van der Waals surface area contributed by atoms with Crippen LogP contribution in [0.5, 0.6) is 0 Å². The van der Waals surface area contributed by atoms with Gasteiger partial charge in [0.15, 0.2) is 12.1 Å². The predicted molar refractivity (Wildman–Crippen MR) is 150 cm³/mol. The van der Waals surface area contributed by atoms with Crippen molar-refractivity contribution in [1.29, 1.82) is 0 Å². The molecule has 18 heteroatoms. The fourth-order valence-corrected chi connectivity index (χ4v) is 17.0. The molecule has 254 valence electrons. The minimum absolute atomic E-state index is 0.00158. The maximum atomic E-state index is 13.1. The van der Waals surface area contributed by atoms with Crippen molar-refractivity contribution in [1.82, 2.24) is 9.55 Å². The number of aromatic nitrogens is 2. The molecule has 0 spiro atoms. The molecule has 0 aromatic carbocycles. The van der Waals surface area contributed by atoms with Crippen LogP contribution in [0, 0.1) is 5.92 Å². The average molecular weight is 681 g/mol. The maximum absolute atomic E-state index is 13.1. The summed E-state index contributed by atoms with van der Waals surface area (Å²) in [5, 5.41) is 0. The van der Waals surface area contributed by atoms with E-state index in [0.29, 0.717) is 0 Å². The Morgan fingerprint density at radius 2 is 1.48 bits per heavy atom. The Kier molecular flexibility index (Phi) is 11.5. The molecule has 0 aliphatic carbocycles. The van der Waals surface area contributed by atoms with Gasteiger partial charge >= 0.3 is 35.2 Å². The van der Waals surface area contributed by atoms with Crippen LogP contribution in [0.2, 0.25) is 22.2 Å². The molecule has 44 heavy (non-hydrogen) atoms. The molecule has 1 aromatic heterocycles. The van der Waals surface area contributed by atoms with Crippen LogP contribution >= 0.6 is 0 Å². The highest BCUT2D eigenvalue weighted by Gasteiger charge is 2.62. The minimum Gasteiger partial charge on any atom is -0.414 e. The van der Waals surface area contributed by atoms with Gasteiger partial charge in [0.1, 0.15) is 25.1 Å². The van der Waals surface area contributed by atoms with Gasteiger partial charge in [0.2, 0.25) is 0 Å². The zero-order valence-electron chi connectivity index (χ0n) is 26.0. The first-order chi connectivity index (χ1) is 20.2. The van der Waals surface area contributed by atoms with Crippen LogP contribution in [-0.4, -0.2) is 77.3 Å². The van der Waals surface area contributed by atoms with Gasteiger partial charge in [-0.2, -0.15) is 26.3 Å². The van der Waals surface area contributed by atoms with Crippen molar-refractivity contribution in [3.8, 4) is 0 Å². The summed E-state index contributed by atoms with van der Waals surface area (Å²) >= 11 is 0. The third-order valence-corrected chi connectivity index (χ3v) is 18.4. The SMILES string of the molecule is CC(C)[Si]1(C(C)C)OC[C@H]2O[C@@H](n3ccc(=O)[nH]c3=O)C(OCOCC(C(F)(F)F)C(F)(F)F)[C@H]2O[Si](C(C)C)(C(C)C)O1. The van der Waals surface area contributed by atoms with Crippen molar-refractivity contribution in [2.45, 2.75) is 114 Å². The summed E-state index contributed by atoms with van der Waals surface area (Å²) in [6.45, 7) is 13.1. The van der Waals surface area contributed by atoms with Gasteiger partial charge < -0.3 is 27.2 Å². The van der Waals surface area contributed by atoms with Crippen molar-refractivity contribution in [3.63, 3.8) is 0 Å². The lowest BCUT2D eigenvalue weighted by Gasteiger charge is -2.51. The van der Waals surface area contributed by atoms with Crippen molar-refractivity contribution in [2.75, 3.05) is 20.0 Å². The fourth-order valence-electron chi connectivity index (χ4n) is 5.82. The summed E-state index contributed by atoms with van der Waals surface area (Å²) in [7, 11) is -6.28. The lowest BCUT2D eigenvalue weighted by Crippen LogP contribution is -2.66. The Balaban J connectivity index is 2.04. The number of rotatable bonds is 10. The van der Waals surface area contributed by atoms with Crippen molar-refractivity contribution < 1.29 is 53.5 Å². The topological polar surface area (TPSA) is 110 Å². The molecular weight excluding hydrogens is 638 g/mol. The van der Waals surface area contributed by atoms with Gasteiger partial charge in [-0.3, -0.25) is 14.3 Å². The first kappa shape index (κ1) is 36.9. The summed E-state index contributed by atoms with van der Waals surface area (Å²) in [6.07, 6.45) is -14.5. The van der Waals surface area contributed by atoms with E-state index >= 15 is 0 Å². The number of hydrogen-bond acceptors (Lipinski definition) is 8. The number of nitrogens with zero attached hydrogens (tertiary/aromatic N) is 1. The molecule has 1 unspecified atom stereocenters. The van der Waals surface area contributed by atoms with Crippen LogP contribution in [0.25, 0.3) is 0 Å². The van der Waals surface area contributed by atoms with Crippen LogP contribution in [0.1, 0.15) is 61.6 Å². The molecule has 2 fully saturated rings. The van der Waals surface area contributed by atoms with Gasteiger partial charge in [-0.25, -0.2) is 4.79 Å². The number of ether oxygens (including phenoxy) is 3. The normalized spacial score (nSPS) is 26.1. The summed E-state index contributed by atoms with van der Waals surface area (Å²) in [6, 6.07) is 1.06. The maximum Gasteiger partial charge on any atom is 0.402 e. The summed E-state index contributed by atoms with van der Waals surface area (Å²) in [5.74, 6) is -3.73. The third kappa shape index (κ3) is 7.53. The first-order valence-corrected chi connectivity index (χ1v) is 18.4. The van der Waals surface area contributed by atoms with E-state index in [1.54, 1.807) is 0 Å². The fraction of sp³-hybridized carbons (Fsp3) is 0.846. The zero-order valence-corrected chi connectivity index (χ0v) is 28.0. The van der Waals surface area contributed by atoms with Crippen LogP contribution in [-0.2, 0) is 27.2 Å². The van der Waals surface area contributed by atoms with Gasteiger partial charge in [0.25, 0.3) is 5.56 Å². The first-order valence-electron chi connectivity index (χ1n) is 14.5. The molecule has 0 radical (unpaired) electrons. The molecule has 4 atom stereocenters. The van der Waals surface area contributed by atoms with E-state index in [4.69, 9.17) is 27.2 Å². The quantitative estimate of drug-likeness (QED) is 0.150. The number of alkyl halides is 6. The van der Waals surface area contributed by atoms with E-state index in [1.807, 2.05) is 55.4 Å². The molecule has 1 N–H and O–H groups in total. The zero-order chi connectivity index (χ0) is 33.4. The number of hydrogen-bond donors (Lipinski definition) is 1. The van der Waals surface area contributed by atoms with E-state index in [1.165, 1.54) is 0 Å². The standard InChI is InChI=1S/C26H42F6N2O8Si2/c1-14(2)43(15(3)4)39-11-18-21(41-44(42-43,16(5)6)17(7)8)22(23(40-18)34-10-9-20(35)33-24(34)36)38-13-37-12-19(25(27,28)29)26(30,31)32/h9-10,14-19,21-23H,11-13H2,1-8H3,(H,33,35,36)/t18-,21+,22?,23-/m1/s1. The van der Waals surface area contributed by atoms with Gasteiger partial charge in [-0.05, 0) is 22.2 Å². The van der Waals surface area contributed by atoms with Gasteiger partial charge in [0, 0.05) is 12.3 Å². The van der Waals surface area contributed by atoms with E-state index in [0.717, 1.165) is 16.8 Å². The monoisotopic (exact) mass is 680 g/mol. The van der Waals surface area contributed by atoms with E-state index in [2.05, 4.69) is 4.98 Å². The molecule has 0 bridgehead atoms. The summed E-state index contributed by atoms with van der Waals surface area (Å²) in [5.41, 5.74) is -1.84. The highest BCUT2D eigenvalue weighted by Crippen LogP contribution is 2.49. The number of nitrogens with one attached hydrogen (secondary N) is 1. The van der Waals surface area contributed by atoms with Gasteiger partial charge in [-0.15, -0.1) is 0 Å². The number of H-pyrrole nitrogens is 1. The predicted octanol–water partition coefficient (Wildman–Crippen LogP) is 5.49. The molecule has 1 aromatic rings. The highest BCUT2D eigenvalue weighted by atomic mass is 28.5. The van der Waals surface area contributed by atoms with Crippen LogP contribution < -0.4 is 11.2 Å². The van der Waals surface area contributed by atoms with Crippen LogP contribution in [0.4, 0.5) is 26.3 Å². The summed E-state index contributed by atoms with van der Waals surface area (Å²) in [4.78, 5) is 26.7. The lowest BCUT2D eigenvalue weighted by molar-refractivity contribution is -0.299. The molecule has 0 saturated carbocycles. The molecule has 0 amide bonds. The average Bonchev–Trinajstić information content (AvgIpc) is 3.17. The second-order valence-corrected chi connectivity index (χ2v) is 21.2. The number of fused-ring (bicyclic) bond motifs is 1. The van der Waals surface area contributed by atoms with E-state index in [9.17, 15) is 35.9 Å². The molecule has 3 heterocycles. The minimum atomic E-state index is -5.59. The molecule has 2 saturated heterocycles. The highest BCUT2D eigenvalue weighted by molar-refractivity contribution is 6.84. The van der Waals surface area contributed by atoms with E-state index < -0.39 is 84.6 Å². The second-order valence-electron chi connectivity index (χ2n) is 12.4. The second kappa shape index (κ2) is 13.7. The van der Waals surface area contributed by atoms with Crippen LogP contribution in [0.3, 0.4) is 0 Å². The molecule has 2 aliphatic rings. The van der Waals surface area contributed by atoms with Crippen molar-refractivity contribution in [3.05, 3.63) is 33.1 Å². The lowest BCUT2D eigenvalue weighted by atomic mass is 10.1. The molecular formula is C26H42F6N2O8Si2. The Hall–Kier alpha value is -1.55.